The van der Waals surface area contributed by atoms with Crippen molar-refractivity contribution in [3.8, 4) is 5.69 Å². The van der Waals surface area contributed by atoms with Crippen LogP contribution < -0.4 is 4.90 Å². The minimum atomic E-state index is -0.646. The summed E-state index contributed by atoms with van der Waals surface area (Å²) in [6, 6.07) is 26.3. The molecular weight excluding hydrogens is 452 g/mol. The molecule has 1 aromatic heterocycles. The van der Waals surface area contributed by atoms with Gasteiger partial charge in [-0.15, -0.1) is 23.4 Å². The van der Waals surface area contributed by atoms with Gasteiger partial charge in [-0.3, -0.25) is 9.69 Å². The summed E-state index contributed by atoms with van der Waals surface area (Å²) in [5, 5.41) is 8.69. The highest BCUT2D eigenvalue weighted by Crippen LogP contribution is 2.59. The second-order valence-corrected chi connectivity index (χ2v) is 10.2. The van der Waals surface area contributed by atoms with E-state index >= 15 is 0 Å². The van der Waals surface area contributed by atoms with Crippen LogP contribution in [0.2, 0.25) is 0 Å². The predicted octanol–water partition coefficient (Wildman–Crippen LogP) is 5.66. The lowest BCUT2D eigenvalue weighted by Crippen LogP contribution is -2.70. The molecule has 33 heavy (non-hydrogen) atoms. The van der Waals surface area contributed by atoms with Crippen molar-refractivity contribution in [2.45, 2.75) is 34.4 Å². The van der Waals surface area contributed by atoms with E-state index in [1.54, 1.807) is 16.6 Å². The molecule has 3 aromatic carbocycles. The van der Waals surface area contributed by atoms with Gasteiger partial charge in [0.25, 0.3) is 0 Å². The highest BCUT2D eigenvalue weighted by molar-refractivity contribution is 7.99. The van der Waals surface area contributed by atoms with Crippen molar-refractivity contribution in [2.24, 2.45) is 0 Å². The van der Waals surface area contributed by atoms with Gasteiger partial charge in [-0.2, -0.15) is 15.0 Å². The number of alkyl halides is 1. The maximum Gasteiger partial charge on any atom is 0.248 e. The summed E-state index contributed by atoms with van der Waals surface area (Å²) in [5.41, 5.74) is 4.26. The molecule has 4 aromatic rings. The fourth-order valence-corrected chi connectivity index (χ4v) is 6.54. The van der Waals surface area contributed by atoms with E-state index in [-0.39, 0.29) is 11.2 Å². The second kappa shape index (κ2) is 7.75. The lowest BCUT2D eigenvalue weighted by molar-refractivity contribution is -0.127. The van der Waals surface area contributed by atoms with Gasteiger partial charge < -0.3 is 0 Å². The Morgan fingerprint density at radius 2 is 1.73 bits per heavy atom. The Kier molecular flexibility index (Phi) is 4.82. The summed E-state index contributed by atoms with van der Waals surface area (Å²) in [6.07, 6.45) is 2.47. The van der Waals surface area contributed by atoms with E-state index in [4.69, 9.17) is 16.7 Å². The molecule has 0 radical (unpaired) electrons. The first kappa shape index (κ1) is 20.5. The number of carbonyl (C=O) groups excluding carboxylic acids is 1. The minimum absolute atomic E-state index is 0.0238. The van der Waals surface area contributed by atoms with Crippen molar-refractivity contribution in [3.05, 3.63) is 102 Å². The summed E-state index contributed by atoms with van der Waals surface area (Å²) >= 11 is 8.57. The molecule has 6 rings (SSSR count). The molecule has 1 fully saturated rings. The fraction of sp³-hybridized carbons (Fsp3) is 0.192. The van der Waals surface area contributed by atoms with Gasteiger partial charge >= 0.3 is 0 Å². The van der Waals surface area contributed by atoms with E-state index < -0.39 is 10.9 Å². The molecule has 5 nitrogen and oxygen atoms in total. The molecule has 1 amide bonds. The van der Waals surface area contributed by atoms with Gasteiger partial charge in [0.05, 0.1) is 34.1 Å². The summed E-state index contributed by atoms with van der Waals surface area (Å²) in [4.78, 5) is 17.7. The number of aryl methyl sites for hydroxylation is 1. The van der Waals surface area contributed by atoms with Crippen LogP contribution in [0.15, 0.2) is 90.0 Å². The molecule has 164 valence electrons. The molecular formula is C26H21ClN4OS. The lowest BCUT2D eigenvalue weighted by atomic mass is 9.72. The molecule has 7 heteroatoms. The number of halogens is 1. The Hall–Kier alpha value is -3.09. The van der Waals surface area contributed by atoms with Crippen LogP contribution in [0.5, 0.6) is 0 Å². The average Bonchev–Trinajstić information content (AvgIpc) is 3.30. The zero-order valence-corrected chi connectivity index (χ0v) is 19.5. The van der Waals surface area contributed by atoms with Gasteiger partial charge in [0.1, 0.15) is 5.38 Å². The average molecular weight is 473 g/mol. The normalized spacial score (nSPS) is 23.9. The molecule has 0 bridgehead atoms. The molecule has 2 aliphatic heterocycles. The fourth-order valence-electron chi connectivity index (χ4n) is 4.82. The monoisotopic (exact) mass is 472 g/mol. The molecule has 0 spiro atoms. The van der Waals surface area contributed by atoms with E-state index in [9.17, 15) is 4.79 Å². The summed E-state index contributed by atoms with van der Waals surface area (Å²) < 4.78 is 0. The van der Waals surface area contributed by atoms with Gasteiger partial charge in [0.2, 0.25) is 5.91 Å². The van der Waals surface area contributed by atoms with Crippen LogP contribution in [0.3, 0.4) is 0 Å². The van der Waals surface area contributed by atoms with Crippen molar-refractivity contribution in [1.82, 2.24) is 15.0 Å². The van der Waals surface area contributed by atoms with Crippen LogP contribution in [0.1, 0.15) is 28.5 Å². The van der Waals surface area contributed by atoms with Crippen molar-refractivity contribution < 1.29 is 4.79 Å². The Balaban J connectivity index is 1.49. The minimum Gasteiger partial charge on any atom is -0.298 e. The molecule has 3 atom stereocenters. The Morgan fingerprint density at radius 1 is 1.00 bits per heavy atom. The van der Waals surface area contributed by atoms with Crippen LogP contribution in [0.25, 0.3) is 5.69 Å². The number of hydrogen-bond acceptors (Lipinski definition) is 4. The third-order valence-corrected chi connectivity index (χ3v) is 8.35. The van der Waals surface area contributed by atoms with Crippen LogP contribution >= 0.6 is 23.4 Å². The topological polar surface area (TPSA) is 51.0 Å². The number of β-lactam (4-membered cyclic amide) rings is 1. The van der Waals surface area contributed by atoms with Crippen molar-refractivity contribution in [2.75, 3.05) is 4.90 Å². The Bertz CT molecular complexity index is 1340. The molecule has 1 saturated heterocycles. The number of amides is 1. The number of carbonyl (C=O) groups is 1. The van der Waals surface area contributed by atoms with Crippen LogP contribution in [0, 0.1) is 6.92 Å². The number of rotatable bonds is 3. The number of anilines is 1. The van der Waals surface area contributed by atoms with E-state index in [0.717, 1.165) is 27.5 Å². The maximum absolute atomic E-state index is 13.1. The Morgan fingerprint density at radius 3 is 2.52 bits per heavy atom. The SMILES string of the molecule is Cc1ccc(C23CC(c4cnn(-c5ccccc5)n4)Sc4ccccc4N2C(=O)C3Cl)cc1. The van der Waals surface area contributed by atoms with Crippen LogP contribution in [-0.4, -0.2) is 26.3 Å². The zero-order valence-electron chi connectivity index (χ0n) is 17.9. The first-order valence-corrected chi connectivity index (χ1v) is 12.2. The van der Waals surface area contributed by atoms with Gasteiger partial charge in [-0.05, 0) is 43.2 Å². The number of thioether (sulfide) groups is 1. The third kappa shape index (κ3) is 3.12. The van der Waals surface area contributed by atoms with E-state index in [1.165, 1.54) is 5.56 Å². The summed E-state index contributed by atoms with van der Waals surface area (Å²) in [5.74, 6) is -0.0566. The van der Waals surface area contributed by atoms with E-state index in [1.807, 2.05) is 59.6 Å². The quantitative estimate of drug-likeness (QED) is 0.285. The molecule has 0 N–H and O–H groups in total. The van der Waals surface area contributed by atoms with Crippen LogP contribution in [-0.2, 0) is 10.3 Å². The highest BCUT2D eigenvalue weighted by atomic mass is 35.5. The molecule has 3 unspecified atom stereocenters. The van der Waals surface area contributed by atoms with E-state index in [0.29, 0.717) is 6.42 Å². The van der Waals surface area contributed by atoms with Crippen LogP contribution in [0.4, 0.5) is 5.69 Å². The summed E-state index contributed by atoms with van der Waals surface area (Å²) in [7, 11) is 0. The first-order chi connectivity index (χ1) is 16.1. The predicted molar refractivity (Wildman–Crippen MR) is 131 cm³/mol. The smallest absolute Gasteiger partial charge is 0.248 e. The number of hydrogen-bond donors (Lipinski definition) is 0. The number of aromatic nitrogens is 3. The largest absolute Gasteiger partial charge is 0.298 e. The van der Waals surface area contributed by atoms with Gasteiger partial charge in [-0.25, -0.2) is 0 Å². The number of para-hydroxylation sites is 2. The maximum atomic E-state index is 13.1. The highest BCUT2D eigenvalue weighted by Gasteiger charge is 2.63. The first-order valence-electron chi connectivity index (χ1n) is 10.9. The van der Waals surface area contributed by atoms with Crippen molar-refractivity contribution in [1.29, 1.82) is 0 Å². The number of fused-ring (bicyclic) bond motifs is 3. The number of nitrogens with zero attached hydrogens (tertiary/aromatic N) is 4. The van der Waals surface area contributed by atoms with Crippen molar-refractivity contribution in [3.63, 3.8) is 0 Å². The van der Waals surface area contributed by atoms with Crippen molar-refractivity contribution >= 4 is 35.0 Å². The number of benzene rings is 3. The Labute approximate surface area is 201 Å². The van der Waals surface area contributed by atoms with Gasteiger partial charge in [0.15, 0.2) is 0 Å². The second-order valence-electron chi connectivity index (χ2n) is 8.50. The standard InChI is InChI=1S/C26H21ClN4OS/c1-17-11-13-18(14-12-17)26-15-23(20-16-28-31(29-20)19-7-3-2-4-8-19)33-22-10-6-5-9-21(22)30(26)25(32)24(26)27/h2-14,16,23-24H,15H2,1H3. The molecule has 0 aliphatic carbocycles. The zero-order chi connectivity index (χ0) is 22.6. The van der Waals surface area contributed by atoms with E-state index in [2.05, 4.69) is 42.4 Å². The van der Waals surface area contributed by atoms with Gasteiger partial charge in [-0.1, -0.05) is 60.2 Å². The third-order valence-electron chi connectivity index (χ3n) is 6.51. The lowest BCUT2D eigenvalue weighted by Gasteiger charge is -2.55. The van der Waals surface area contributed by atoms with Gasteiger partial charge in [0, 0.05) is 4.90 Å². The molecule has 3 heterocycles. The molecule has 0 saturated carbocycles. The molecule has 2 aliphatic rings. The summed E-state index contributed by atoms with van der Waals surface area (Å²) in [6.45, 7) is 2.06.